The first kappa shape index (κ1) is 22.5. The number of Topliss-reactive ketones (excluding diaryl/α,β-unsaturated/α-hetero) is 1. The minimum Gasteiger partial charge on any atom is -0.478 e. The van der Waals surface area contributed by atoms with Crippen LogP contribution in [0.5, 0.6) is 0 Å². The van der Waals surface area contributed by atoms with Crippen molar-refractivity contribution < 1.29 is 23.9 Å². The van der Waals surface area contributed by atoms with E-state index in [0.29, 0.717) is 40.5 Å². The minimum atomic E-state index is -1.08. The number of aromatic carboxylic acids is 1. The number of carboxylic acids is 1. The molecular weight excluding hydrogens is 444 g/mol. The van der Waals surface area contributed by atoms with Gasteiger partial charge in [0.25, 0.3) is 5.91 Å². The van der Waals surface area contributed by atoms with Gasteiger partial charge in [-0.15, -0.1) is 0 Å². The van der Waals surface area contributed by atoms with Crippen LogP contribution in [0.2, 0.25) is 0 Å². The highest BCUT2D eigenvalue weighted by atomic mass is 16.4. The molecule has 0 spiro atoms. The van der Waals surface area contributed by atoms with Crippen LogP contribution in [0.1, 0.15) is 59.1 Å². The quantitative estimate of drug-likeness (QED) is 0.331. The van der Waals surface area contributed by atoms with Crippen LogP contribution in [0.4, 0.5) is 5.69 Å². The largest absolute Gasteiger partial charge is 0.478 e. The number of ketones is 1. The van der Waals surface area contributed by atoms with E-state index in [0.717, 1.165) is 17.9 Å². The maximum Gasteiger partial charge on any atom is 0.335 e. The fraction of sp³-hybridized carbons (Fsp3) is 0.214. The van der Waals surface area contributed by atoms with Crippen molar-refractivity contribution in [2.45, 2.75) is 32.6 Å². The van der Waals surface area contributed by atoms with E-state index < -0.39 is 5.97 Å². The van der Waals surface area contributed by atoms with Gasteiger partial charge in [-0.05, 0) is 55.7 Å². The number of benzene rings is 2. The van der Waals surface area contributed by atoms with Crippen LogP contribution in [0, 0.1) is 5.92 Å². The van der Waals surface area contributed by atoms with E-state index in [1.165, 1.54) is 30.0 Å². The smallest absolute Gasteiger partial charge is 0.335 e. The van der Waals surface area contributed by atoms with Crippen LogP contribution in [0.25, 0.3) is 17.4 Å². The first-order valence-corrected chi connectivity index (χ1v) is 11.6. The second-order valence-corrected chi connectivity index (χ2v) is 8.90. The molecule has 1 fully saturated rings. The normalized spacial score (nSPS) is 16.6. The summed E-state index contributed by atoms with van der Waals surface area (Å²) in [7, 11) is 0. The average Bonchev–Trinajstić information content (AvgIpc) is 3.51. The highest BCUT2D eigenvalue weighted by Gasteiger charge is 2.29. The number of rotatable bonds is 8. The molecule has 0 radical (unpaired) electrons. The number of amides is 1. The Bertz CT molecular complexity index is 1380. The summed E-state index contributed by atoms with van der Waals surface area (Å²) in [5.41, 5.74) is 2.87. The van der Waals surface area contributed by atoms with Crippen molar-refractivity contribution >= 4 is 35.1 Å². The number of furan rings is 1. The molecule has 1 aliphatic heterocycles. The van der Waals surface area contributed by atoms with Crippen molar-refractivity contribution in [3.8, 4) is 11.3 Å². The number of hydrazone groups is 1. The summed E-state index contributed by atoms with van der Waals surface area (Å²) >= 11 is 0. The third-order valence-electron chi connectivity index (χ3n) is 6.28. The van der Waals surface area contributed by atoms with Crippen LogP contribution < -0.4 is 5.01 Å². The first-order chi connectivity index (χ1) is 16.9. The van der Waals surface area contributed by atoms with Gasteiger partial charge in [0.2, 0.25) is 0 Å². The van der Waals surface area contributed by atoms with E-state index in [1.807, 2.05) is 30.3 Å². The van der Waals surface area contributed by atoms with E-state index in [2.05, 4.69) is 5.10 Å². The van der Waals surface area contributed by atoms with Crippen LogP contribution >= 0.6 is 0 Å². The summed E-state index contributed by atoms with van der Waals surface area (Å²) in [6.45, 7) is 1.72. The molecule has 0 saturated heterocycles. The lowest BCUT2D eigenvalue weighted by Gasteiger charge is -2.12. The maximum atomic E-state index is 13.0. The van der Waals surface area contributed by atoms with E-state index >= 15 is 0 Å². The molecule has 0 atom stereocenters. The van der Waals surface area contributed by atoms with E-state index in [4.69, 9.17) is 4.42 Å². The third-order valence-corrected chi connectivity index (χ3v) is 6.28. The Hall–Kier alpha value is -4.26. The number of hydrogen-bond donors (Lipinski definition) is 1. The van der Waals surface area contributed by atoms with Gasteiger partial charge in [0, 0.05) is 17.5 Å². The second kappa shape index (κ2) is 9.18. The predicted molar refractivity (Wildman–Crippen MR) is 132 cm³/mol. The Labute approximate surface area is 202 Å². The van der Waals surface area contributed by atoms with Crippen LogP contribution in [-0.2, 0) is 4.79 Å². The lowest BCUT2D eigenvalue weighted by molar-refractivity contribution is -0.114. The van der Waals surface area contributed by atoms with Crippen molar-refractivity contribution in [1.29, 1.82) is 0 Å². The molecule has 1 amide bonds. The van der Waals surface area contributed by atoms with Gasteiger partial charge in [-0.3, -0.25) is 9.59 Å². The minimum absolute atomic E-state index is 0.0758. The molecule has 2 aliphatic rings. The fourth-order valence-electron chi connectivity index (χ4n) is 4.06. The number of hydrogen-bond acceptors (Lipinski definition) is 5. The molecule has 2 heterocycles. The molecule has 35 heavy (non-hydrogen) atoms. The van der Waals surface area contributed by atoms with Gasteiger partial charge < -0.3 is 9.52 Å². The number of carbonyl (C=O) groups excluding carboxylic acids is 2. The van der Waals surface area contributed by atoms with Crippen molar-refractivity contribution in [1.82, 2.24) is 0 Å². The molecule has 1 saturated carbocycles. The van der Waals surface area contributed by atoms with E-state index in [1.54, 1.807) is 31.2 Å². The van der Waals surface area contributed by atoms with Crippen LogP contribution in [-0.4, -0.2) is 28.5 Å². The zero-order chi connectivity index (χ0) is 24.5. The van der Waals surface area contributed by atoms with Gasteiger partial charge in [0.15, 0.2) is 5.78 Å². The highest BCUT2D eigenvalue weighted by molar-refractivity contribution is 6.32. The number of anilines is 1. The Morgan fingerprint density at radius 3 is 2.57 bits per heavy atom. The van der Waals surface area contributed by atoms with E-state index in [9.17, 15) is 19.5 Å². The van der Waals surface area contributed by atoms with Crippen molar-refractivity contribution in [2.75, 3.05) is 5.01 Å². The molecule has 7 heteroatoms. The number of nitrogens with zero attached hydrogens (tertiary/aromatic N) is 2. The van der Waals surface area contributed by atoms with Gasteiger partial charge in [-0.1, -0.05) is 43.2 Å². The van der Waals surface area contributed by atoms with Gasteiger partial charge in [0.05, 0.1) is 22.5 Å². The lowest BCUT2D eigenvalue weighted by Crippen LogP contribution is -2.21. The standard InChI is InChI=1S/C28H24N2O5/c1-17-24(27(32)30(29-17)22-4-2-3-21(15-22)28(33)34)16-23-12-14-26(35-23)20-10-8-19(9-11-20)25(31)13-7-18-5-6-18/h2-4,8-12,14-16,18H,5-7,13H2,1H3,(H,33,34)/b24-16-. The average molecular weight is 469 g/mol. The SMILES string of the molecule is CC1=NN(c2cccc(C(=O)O)c2)C(=O)/C1=C\c1ccc(-c2ccc(C(=O)CCC3CC3)cc2)o1. The zero-order valence-electron chi connectivity index (χ0n) is 19.2. The Kier molecular flexibility index (Phi) is 5.91. The van der Waals surface area contributed by atoms with Crippen LogP contribution in [0.15, 0.2) is 75.8 Å². The number of carboxylic acid groups (broad SMARTS) is 1. The fourth-order valence-corrected chi connectivity index (χ4v) is 4.06. The summed E-state index contributed by atoms with van der Waals surface area (Å²) in [4.78, 5) is 36.6. The summed E-state index contributed by atoms with van der Waals surface area (Å²) < 4.78 is 5.94. The molecule has 2 aromatic carbocycles. The second-order valence-electron chi connectivity index (χ2n) is 8.90. The molecule has 1 aromatic heterocycles. The molecule has 5 rings (SSSR count). The van der Waals surface area contributed by atoms with E-state index in [-0.39, 0.29) is 17.3 Å². The van der Waals surface area contributed by atoms with Crippen molar-refractivity contribution in [2.24, 2.45) is 11.0 Å². The molecule has 0 unspecified atom stereocenters. The molecule has 3 aromatic rings. The summed E-state index contributed by atoms with van der Waals surface area (Å²) in [5, 5.41) is 14.7. The maximum absolute atomic E-state index is 13.0. The molecular formula is C28H24N2O5. The van der Waals surface area contributed by atoms with Gasteiger partial charge in [-0.25, -0.2) is 4.79 Å². The van der Waals surface area contributed by atoms with Gasteiger partial charge in [-0.2, -0.15) is 10.1 Å². The van der Waals surface area contributed by atoms with Gasteiger partial charge >= 0.3 is 5.97 Å². The summed E-state index contributed by atoms with van der Waals surface area (Å²) in [6, 6.07) is 17.0. The Morgan fingerprint density at radius 1 is 1.09 bits per heavy atom. The monoisotopic (exact) mass is 468 g/mol. The molecule has 0 bridgehead atoms. The first-order valence-electron chi connectivity index (χ1n) is 11.6. The molecule has 1 aliphatic carbocycles. The summed E-state index contributed by atoms with van der Waals surface area (Å²) in [6.07, 6.45) is 5.68. The van der Waals surface area contributed by atoms with Crippen molar-refractivity contribution in [3.05, 3.63) is 83.1 Å². The predicted octanol–water partition coefficient (Wildman–Crippen LogP) is 5.82. The molecule has 176 valence electrons. The molecule has 1 N–H and O–H groups in total. The topological polar surface area (TPSA) is 100 Å². The Morgan fingerprint density at radius 2 is 1.86 bits per heavy atom. The third kappa shape index (κ3) is 4.84. The van der Waals surface area contributed by atoms with Gasteiger partial charge in [0.1, 0.15) is 11.5 Å². The highest BCUT2D eigenvalue weighted by Crippen LogP contribution is 2.34. The zero-order valence-corrected chi connectivity index (χ0v) is 19.2. The summed E-state index contributed by atoms with van der Waals surface area (Å²) in [5.74, 6) is 0.576. The molecule has 7 nitrogen and oxygen atoms in total. The Balaban J connectivity index is 1.31. The van der Waals surface area contributed by atoms with Crippen LogP contribution in [0.3, 0.4) is 0 Å². The van der Waals surface area contributed by atoms with Crippen molar-refractivity contribution in [3.63, 3.8) is 0 Å². The lowest BCUT2D eigenvalue weighted by atomic mass is 10.0. The number of carbonyl (C=O) groups is 3.